The summed E-state index contributed by atoms with van der Waals surface area (Å²) in [6.45, 7) is 4.39. The van der Waals surface area contributed by atoms with Crippen molar-refractivity contribution in [2.75, 3.05) is 11.9 Å². The van der Waals surface area contributed by atoms with Crippen molar-refractivity contribution in [3.63, 3.8) is 0 Å². The van der Waals surface area contributed by atoms with Gasteiger partial charge in [-0.3, -0.25) is 0 Å². The minimum Gasteiger partial charge on any atom is -0.384 e. The number of anilines is 1. The van der Waals surface area contributed by atoms with Crippen molar-refractivity contribution in [2.24, 2.45) is 16.5 Å². The van der Waals surface area contributed by atoms with Gasteiger partial charge in [0, 0.05) is 17.3 Å². The molecule has 0 radical (unpaired) electrons. The van der Waals surface area contributed by atoms with Gasteiger partial charge in [-0.25, -0.2) is 13.6 Å². The maximum absolute atomic E-state index is 13.2. The fraction of sp³-hybridized carbons (Fsp3) is 0.368. The lowest BCUT2D eigenvalue weighted by Crippen LogP contribution is -2.13. The lowest BCUT2D eigenvalue weighted by Gasteiger charge is -2.15. The molecule has 152 valence electrons. The van der Waals surface area contributed by atoms with E-state index in [1.54, 1.807) is 12.1 Å². The van der Waals surface area contributed by atoms with Crippen LogP contribution in [0.15, 0.2) is 47.4 Å². The standard InChI is InChI=1S/C19H20ClF3N2O2S/c1-18(2)15(17(18)11-3-6-13(7-4-11)28(24,26)27)10-25-16-9-12(20)5-8-14(16)19(21,22)23/h3-9,15,17,25H,10H2,1-2H3,(H2,24,26,27). The van der Waals surface area contributed by atoms with Crippen molar-refractivity contribution >= 4 is 27.3 Å². The summed E-state index contributed by atoms with van der Waals surface area (Å²) in [7, 11) is -3.77. The summed E-state index contributed by atoms with van der Waals surface area (Å²) in [6.07, 6.45) is -4.48. The monoisotopic (exact) mass is 432 g/mol. The van der Waals surface area contributed by atoms with Crippen LogP contribution in [0.3, 0.4) is 0 Å². The van der Waals surface area contributed by atoms with Gasteiger partial charge in [0.05, 0.1) is 10.5 Å². The Labute approximate surface area is 166 Å². The molecule has 2 unspecified atom stereocenters. The molecule has 9 heteroatoms. The summed E-state index contributed by atoms with van der Waals surface area (Å²) in [5.74, 6) is 0.163. The van der Waals surface area contributed by atoms with Crippen molar-refractivity contribution in [1.29, 1.82) is 0 Å². The van der Waals surface area contributed by atoms with Gasteiger partial charge in [0.25, 0.3) is 0 Å². The highest BCUT2D eigenvalue weighted by Crippen LogP contribution is 2.64. The molecule has 0 aromatic heterocycles. The Morgan fingerprint density at radius 2 is 1.75 bits per heavy atom. The molecule has 28 heavy (non-hydrogen) atoms. The molecule has 2 atom stereocenters. The number of benzene rings is 2. The van der Waals surface area contributed by atoms with Gasteiger partial charge in [0.15, 0.2) is 0 Å². The molecular weight excluding hydrogens is 413 g/mol. The Morgan fingerprint density at radius 3 is 2.29 bits per heavy atom. The van der Waals surface area contributed by atoms with Crippen LogP contribution in [0.25, 0.3) is 0 Å². The third-order valence-electron chi connectivity index (χ3n) is 5.42. The first-order valence-corrected chi connectivity index (χ1v) is 10.5. The summed E-state index contributed by atoms with van der Waals surface area (Å²) in [6, 6.07) is 9.75. The van der Waals surface area contributed by atoms with E-state index in [4.69, 9.17) is 16.7 Å². The average Bonchev–Trinajstić information content (AvgIpc) is 3.12. The topological polar surface area (TPSA) is 72.2 Å². The summed E-state index contributed by atoms with van der Waals surface area (Å²) in [5, 5.41) is 8.23. The first kappa shape index (κ1) is 21.0. The quantitative estimate of drug-likeness (QED) is 0.708. The zero-order valence-corrected chi connectivity index (χ0v) is 16.8. The highest BCUT2D eigenvalue weighted by Gasteiger charge is 2.57. The molecule has 0 aliphatic heterocycles. The second-order valence-corrected chi connectivity index (χ2v) is 9.59. The Balaban J connectivity index is 1.77. The minimum absolute atomic E-state index is 0.0260. The number of sulfonamides is 1. The van der Waals surface area contributed by atoms with E-state index in [1.807, 2.05) is 13.8 Å². The third-order valence-corrected chi connectivity index (χ3v) is 6.58. The fourth-order valence-electron chi connectivity index (χ4n) is 3.78. The van der Waals surface area contributed by atoms with Gasteiger partial charge in [0.2, 0.25) is 10.0 Å². The molecule has 0 bridgehead atoms. The fourth-order valence-corrected chi connectivity index (χ4v) is 4.47. The van der Waals surface area contributed by atoms with Gasteiger partial charge in [-0.1, -0.05) is 37.6 Å². The van der Waals surface area contributed by atoms with E-state index in [9.17, 15) is 21.6 Å². The lowest BCUT2D eigenvalue weighted by molar-refractivity contribution is -0.136. The number of nitrogens with one attached hydrogen (secondary N) is 1. The molecule has 0 heterocycles. The van der Waals surface area contributed by atoms with Gasteiger partial charge >= 0.3 is 6.18 Å². The number of rotatable bonds is 5. The van der Waals surface area contributed by atoms with E-state index in [1.165, 1.54) is 24.3 Å². The number of hydrogen-bond acceptors (Lipinski definition) is 3. The van der Waals surface area contributed by atoms with Crippen LogP contribution < -0.4 is 10.5 Å². The van der Waals surface area contributed by atoms with Crippen LogP contribution in [-0.2, 0) is 16.2 Å². The SMILES string of the molecule is CC1(C)C(CNc2cc(Cl)ccc2C(F)(F)F)C1c1ccc(S(N)(=O)=O)cc1. The summed E-state index contributed by atoms with van der Waals surface area (Å²) in [5.41, 5.74) is -0.0330. The normalized spacial score (nSPS) is 21.4. The maximum Gasteiger partial charge on any atom is 0.418 e. The van der Waals surface area contributed by atoms with Crippen molar-refractivity contribution in [1.82, 2.24) is 0 Å². The van der Waals surface area contributed by atoms with Crippen LogP contribution in [0.5, 0.6) is 0 Å². The predicted molar refractivity (Wildman–Crippen MR) is 103 cm³/mol. The Morgan fingerprint density at radius 1 is 1.14 bits per heavy atom. The first-order valence-electron chi connectivity index (χ1n) is 8.55. The van der Waals surface area contributed by atoms with Crippen LogP contribution in [-0.4, -0.2) is 15.0 Å². The van der Waals surface area contributed by atoms with Crippen LogP contribution in [0.1, 0.15) is 30.9 Å². The van der Waals surface area contributed by atoms with Gasteiger partial charge in [0.1, 0.15) is 0 Å². The summed E-state index contributed by atoms with van der Waals surface area (Å²) in [4.78, 5) is 0.0260. The zero-order chi connectivity index (χ0) is 20.9. The molecule has 0 amide bonds. The van der Waals surface area contributed by atoms with Crippen LogP contribution >= 0.6 is 11.6 Å². The summed E-state index contributed by atoms with van der Waals surface area (Å²) < 4.78 is 62.4. The van der Waals surface area contributed by atoms with Gasteiger partial charge < -0.3 is 5.32 Å². The molecule has 1 aliphatic rings. The van der Waals surface area contributed by atoms with E-state index in [0.29, 0.717) is 6.54 Å². The van der Waals surface area contributed by atoms with Crippen molar-refractivity contribution in [3.05, 3.63) is 58.6 Å². The third kappa shape index (κ3) is 4.14. The second kappa shape index (κ2) is 6.93. The van der Waals surface area contributed by atoms with Gasteiger partial charge in [-0.15, -0.1) is 0 Å². The molecule has 4 nitrogen and oxygen atoms in total. The number of primary sulfonamides is 1. The Kier molecular flexibility index (Phi) is 5.19. The minimum atomic E-state index is -4.48. The first-order chi connectivity index (χ1) is 12.8. The molecule has 2 aromatic rings. The molecular formula is C19H20ClF3N2O2S. The lowest BCUT2D eigenvalue weighted by atomic mass is 10.0. The molecule has 0 saturated heterocycles. The van der Waals surface area contributed by atoms with E-state index in [2.05, 4.69) is 5.32 Å². The van der Waals surface area contributed by atoms with Crippen molar-refractivity contribution in [3.8, 4) is 0 Å². The molecule has 2 aromatic carbocycles. The van der Waals surface area contributed by atoms with Crippen LogP contribution in [0, 0.1) is 11.3 Å². The van der Waals surface area contributed by atoms with Gasteiger partial charge in [-0.2, -0.15) is 13.2 Å². The summed E-state index contributed by atoms with van der Waals surface area (Å²) >= 11 is 5.86. The van der Waals surface area contributed by atoms with E-state index < -0.39 is 21.8 Å². The number of alkyl halides is 3. The van der Waals surface area contributed by atoms with Crippen molar-refractivity contribution < 1.29 is 21.6 Å². The zero-order valence-electron chi connectivity index (χ0n) is 15.2. The van der Waals surface area contributed by atoms with Crippen molar-refractivity contribution in [2.45, 2.75) is 30.8 Å². The highest BCUT2D eigenvalue weighted by atomic mass is 35.5. The number of halogens is 4. The maximum atomic E-state index is 13.2. The number of hydrogen-bond donors (Lipinski definition) is 2. The number of nitrogens with two attached hydrogens (primary N) is 1. The Bertz CT molecular complexity index is 989. The molecule has 3 N–H and O–H groups in total. The molecule has 3 rings (SSSR count). The van der Waals surface area contributed by atoms with Crippen LogP contribution in [0.2, 0.25) is 5.02 Å². The van der Waals surface area contributed by atoms with E-state index >= 15 is 0 Å². The molecule has 1 aliphatic carbocycles. The average molecular weight is 433 g/mol. The molecule has 1 saturated carbocycles. The van der Waals surface area contributed by atoms with Crippen LogP contribution in [0.4, 0.5) is 18.9 Å². The smallest absolute Gasteiger partial charge is 0.384 e. The van der Waals surface area contributed by atoms with E-state index in [-0.39, 0.29) is 32.9 Å². The predicted octanol–water partition coefficient (Wildman–Crippen LogP) is 4.86. The molecule has 1 fully saturated rings. The van der Waals surface area contributed by atoms with Gasteiger partial charge in [-0.05, 0) is 53.1 Å². The Hall–Kier alpha value is -1.77. The highest BCUT2D eigenvalue weighted by molar-refractivity contribution is 7.89. The second-order valence-electron chi connectivity index (χ2n) is 7.59. The largest absolute Gasteiger partial charge is 0.418 e. The molecule has 0 spiro atoms. The van der Waals surface area contributed by atoms with E-state index in [0.717, 1.165) is 11.6 Å².